The minimum atomic E-state index is 0.123. The van der Waals surface area contributed by atoms with E-state index in [2.05, 4.69) is 218 Å². The van der Waals surface area contributed by atoms with Crippen molar-refractivity contribution in [3.8, 4) is 44.5 Å². The molecule has 0 N–H and O–H groups in total. The summed E-state index contributed by atoms with van der Waals surface area (Å²) in [6.45, 7) is 0. The van der Waals surface area contributed by atoms with Crippen LogP contribution in [0.5, 0.6) is 0 Å². The summed E-state index contributed by atoms with van der Waals surface area (Å²) in [4.78, 5) is 0. The van der Waals surface area contributed by atoms with Gasteiger partial charge in [0.2, 0.25) is 0 Å². The summed E-state index contributed by atoms with van der Waals surface area (Å²) in [7, 11) is 0. The molecule has 0 atom stereocenters. The molecule has 0 aliphatic rings. The molecule has 0 nitrogen and oxygen atoms in total. The van der Waals surface area contributed by atoms with Crippen LogP contribution < -0.4 is 0 Å². The molecule has 67 heavy (non-hydrogen) atoms. The van der Waals surface area contributed by atoms with Gasteiger partial charge in [0.15, 0.2) is 0 Å². The number of thiophene rings is 2. The minimum absolute atomic E-state index is 0.123. The van der Waals surface area contributed by atoms with Gasteiger partial charge in [0, 0.05) is 0 Å². The van der Waals surface area contributed by atoms with Crippen LogP contribution in [0, 0.1) is 0 Å². The molecule has 12 aromatic carbocycles. The van der Waals surface area contributed by atoms with Crippen molar-refractivity contribution < 1.29 is 0 Å². The molecule has 0 spiro atoms. The Hall–Kier alpha value is -7.36. The van der Waals surface area contributed by atoms with E-state index in [0.29, 0.717) is 0 Å². The fraction of sp³-hybridized carbons (Fsp3) is 0. The molecule has 0 amide bonds. The van der Waals surface area contributed by atoms with E-state index >= 15 is 0 Å². The summed E-state index contributed by atoms with van der Waals surface area (Å²) in [5.41, 5.74) is 10.5. The van der Waals surface area contributed by atoms with E-state index in [1.54, 1.807) is 0 Å². The van der Waals surface area contributed by atoms with E-state index in [1.807, 2.05) is 22.7 Å². The molecule has 0 fully saturated rings. The van der Waals surface area contributed by atoms with E-state index in [0.717, 1.165) is 0 Å². The molecule has 0 radical (unpaired) electrons. The first-order chi connectivity index (χ1) is 33.3. The van der Waals surface area contributed by atoms with Gasteiger partial charge < -0.3 is 0 Å². The summed E-state index contributed by atoms with van der Waals surface area (Å²) in [6, 6.07) is 82.5. The fourth-order valence-corrected chi connectivity index (χ4v) is 16.3. The third kappa shape index (κ3) is 5.46. The van der Waals surface area contributed by atoms with Crippen molar-refractivity contribution in [1.29, 1.82) is 0 Å². The first kappa shape index (κ1) is 37.8. The van der Waals surface area contributed by atoms with Crippen LogP contribution in [0.15, 0.2) is 218 Å². The van der Waals surface area contributed by atoms with Crippen LogP contribution in [0.2, 0.25) is 0 Å². The van der Waals surface area contributed by atoms with E-state index in [-0.39, 0.29) is 14.5 Å². The molecule has 15 rings (SSSR count). The van der Waals surface area contributed by atoms with Crippen LogP contribution in [-0.4, -0.2) is 14.5 Å². The molecule has 0 aliphatic heterocycles. The van der Waals surface area contributed by atoms with Crippen LogP contribution in [0.4, 0.5) is 0 Å². The van der Waals surface area contributed by atoms with Crippen molar-refractivity contribution >= 4 is 140 Å². The van der Waals surface area contributed by atoms with E-state index < -0.39 is 0 Å². The number of benzene rings is 12. The second-order valence-electron chi connectivity index (χ2n) is 17.7. The number of rotatable bonds is 4. The Kier molecular flexibility index (Phi) is 8.22. The zero-order valence-corrected chi connectivity index (χ0v) is 39.4. The predicted octanol–water partition coefficient (Wildman–Crippen LogP) is 19.1. The third-order valence-corrected chi connectivity index (χ3v) is 19.1. The Morgan fingerprint density at radius 1 is 0.254 bits per heavy atom. The summed E-state index contributed by atoms with van der Waals surface area (Å²) in [5, 5.41) is 18.4. The zero-order chi connectivity index (χ0) is 43.7. The van der Waals surface area contributed by atoms with Gasteiger partial charge in [-0.2, -0.15) is 0 Å². The van der Waals surface area contributed by atoms with Crippen LogP contribution in [0.1, 0.15) is 0 Å². The van der Waals surface area contributed by atoms with Gasteiger partial charge in [-0.15, -0.1) is 0 Å². The van der Waals surface area contributed by atoms with Gasteiger partial charge in [-0.25, -0.2) is 0 Å². The Morgan fingerprint density at radius 2 is 0.612 bits per heavy atom. The molecule has 3 heterocycles. The van der Waals surface area contributed by atoms with Gasteiger partial charge in [0.1, 0.15) is 0 Å². The van der Waals surface area contributed by atoms with Gasteiger partial charge in [0.25, 0.3) is 0 Å². The molecular weight excluding hydrogens is 912 g/mol. The summed E-state index contributed by atoms with van der Waals surface area (Å²) >= 11 is 3.90. The third-order valence-electron chi connectivity index (χ3n) is 14.3. The van der Waals surface area contributed by atoms with Gasteiger partial charge in [0.05, 0.1) is 0 Å². The predicted molar refractivity (Wildman–Crippen MR) is 296 cm³/mol. The first-order valence-electron chi connectivity index (χ1n) is 22.9. The first-order valence-corrected chi connectivity index (χ1v) is 26.3. The zero-order valence-electron chi connectivity index (χ0n) is 36.0. The van der Waals surface area contributed by atoms with Crippen molar-refractivity contribution in [3.05, 3.63) is 218 Å². The number of hydrogen-bond acceptors (Lipinski definition) is 2. The van der Waals surface area contributed by atoms with Gasteiger partial charge in [-0.05, 0) is 6.07 Å². The summed E-state index contributed by atoms with van der Waals surface area (Å²) in [6.07, 6.45) is 0. The summed E-state index contributed by atoms with van der Waals surface area (Å²) < 4.78 is 8.24. The van der Waals surface area contributed by atoms with Crippen molar-refractivity contribution in [2.24, 2.45) is 0 Å². The molecule has 3 aromatic heterocycles. The van der Waals surface area contributed by atoms with Gasteiger partial charge in [-0.1, -0.05) is 12.1 Å². The molecule has 3 heteroatoms. The van der Waals surface area contributed by atoms with Crippen molar-refractivity contribution in [1.82, 2.24) is 0 Å². The normalized spacial score (nSPS) is 12.2. The molecule has 0 unspecified atom stereocenters. The van der Waals surface area contributed by atoms with Gasteiger partial charge >= 0.3 is 385 Å². The fourth-order valence-electron chi connectivity index (χ4n) is 11.6. The Balaban J connectivity index is 0.965. The van der Waals surface area contributed by atoms with E-state index in [9.17, 15) is 0 Å². The van der Waals surface area contributed by atoms with Crippen molar-refractivity contribution in [3.63, 3.8) is 0 Å². The van der Waals surface area contributed by atoms with Crippen LogP contribution in [0.3, 0.4) is 0 Å². The molecule has 0 saturated carbocycles. The van der Waals surface area contributed by atoms with Crippen LogP contribution >= 0.6 is 22.7 Å². The summed E-state index contributed by atoms with van der Waals surface area (Å²) in [5.74, 6) is 0. The van der Waals surface area contributed by atoms with Crippen molar-refractivity contribution in [2.75, 3.05) is 0 Å². The second-order valence-corrected chi connectivity index (χ2v) is 22.1. The molecule has 0 aliphatic carbocycles. The number of fused-ring (bicyclic) bond motifs is 13. The molecule has 310 valence electrons. The van der Waals surface area contributed by atoms with E-state index in [1.165, 1.54) is 147 Å². The Bertz CT molecular complexity index is 4470. The molecule has 0 saturated heterocycles. The maximum atomic E-state index is 2.51. The SMILES string of the molecule is c1ccc2c(c1)sc1cccc(-c3c4ccccc4c(-c4ccc5[se]c6c(-c7c8ccccc8c(-c8cccc9sc%10ccccc%10c89)c8ccccc78)cccc6c5c4)c4ccccc34)c12. The van der Waals surface area contributed by atoms with Gasteiger partial charge in [-0.3, -0.25) is 0 Å². The average molecular weight is 948 g/mol. The van der Waals surface area contributed by atoms with Crippen molar-refractivity contribution in [2.45, 2.75) is 0 Å². The Labute approximate surface area is 400 Å². The molecule has 15 aromatic rings. The topological polar surface area (TPSA) is 0 Å². The number of hydrogen-bond donors (Lipinski definition) is 0. The van der Waals surface area contributed by atoms with E-state index in [4.69, 9.17) is 0 Å². The standard InChI is InChI=1S/C64H36S2Se/c1-3-18-40-38(16-1)58(39-17-2-4-19-41(39)59(40)49-27-14-32-55-62(49)47-24-9-11-30-53(47)65-55)37-34-35-57-52(36-37)46-26-13-29-51(64(46)67-57)61-44-22-7-5-20-42(44)60(43-21-6-8-23-45(43)61)50-28-15-33-56-63(50)48-25-10-12-31-54(48)66-56/h1-36H. The monoisotopic (exact) mass is 948 g/mol. The molecular formula is C64H36S2Se. The quantitative estimate of drug-likeness (QED) is 0.122. The molecule has 0 bridgehead atoms. The average Bonchev–Trinajstić information content (AvgIpc) is 4.09. The maximum absolute atomic E-state index is 2.51. The Morgan fingerprint density at radius 3 is 1.09 bits per heavy atom. The second kappa shape index (κ2) is 14.6. The van der Waals surface area contributed by atoms with Crippen LogP contribution in [0.25, 0.3) is 147 Å². The van der Waals surface area contributed by atoms with Crippen LogP contribution in [-0.2, 0) is 0 Å².